The molecule has 0 spiro atoms. The van der Waals surface area contributed by atoms with Gasteiger partial charge in [-0.3, -0.25) is 14.8 Å². The SMILES string of the molecule is O=C(CCCN1CCN(c2n[nH]c3ccccc23)CC1)c1ccc(F)cc1. The first-order valence-electron chi connectivity index (χ1n) is 9.40. The summed E-state index contributed by atoms with van der Waals surface area (Å²) in [5, 5.41) is 8.74. The molecule has 0 bridgehead atoms. The molecule has 0 radical (unpaired) electrons. The Morgan fingerprint density at radius 1 is 1.04 bits per heavy atom. The minimum Gasteiger partial charge on any atom is -0.352 e. The molecule has 1 aromatic heterocycles. The van der Waals surface area contributed by atoms with E-state index >= 15 is 0 Å². The van der Waals surface area contributed by atoms with E-state index in [1.165, 1.54) is 12.1 Å². The normalized spacial score (nSPS) is 15.4. The molecule has 1 N–H and O–H groups in total. The molecular formula is C21H23FN4O. The van der Waals surface area contributed by atoms with Crippen molar-refractivity contribution in [2.24, 2.45) is 0 Å². The van der Waals surface area contributed by atoms with Gasteiger partial charge in [-0.25, -0.2) is 4.39 Å². The van der Waals surface area contributed by atoms with Gasteiger partial charge in [0.25, 0.3) is 0 Å². The lowest BCUT2D eigenvalue weighted by Gasteiger charge is -2.35. The number of ketones is 1. The van der Waals surface area contributed by atoms with Gasteiger partial charge in [-0.15, -0.1) is 0 Å². The molecule has 0 unspecified atom stereocenters. The Labute approximate surface area is 157 Å². The molecular weight excluding hydrogens is 343 g/mol. The van der Waals surface area contributed by atoms with E-state index in [0.29, 0.717) is 12.0 Å². The Hall–Kier alpha value is -2.73. The molecule has 3 aromatic rings. The van der Waals surface area contributed by atoms with E-state index in [1.54, 1.807) is 12.1 Å². The van der Waals surface area contributed by atoms with Crippen molar-refractivity contribution in [3.8, 4) is 0 Å². The van der Waals surface area contributed by atoms with Gasteiger partial charge < -0.3 is 4.90 Å². The highest BCUT2D eigenvalue weighted by Gasteiger charge is 2.20. The Balaban J connectivity index is 1.25. The molecule has 4 rings (SSSR count). The van der Waals surface area contributed by atoms with Crippen molar-refractivity contribution in [3.05, 3.63) is 59.9 Å². The molecule has 0 amide bonds. The molecule has 0 aliphatic carbocycles. The third kappa shape index (κ3) is 4.01. The molecule has 1 saturated heterocycles. The number of halogens is 1. The zero-order valence-electron chi connectivity index (χ0n) is 15.2. The van der Waals surface area contributed by atoms with Gasteiger partial charge in [-0.05, 0) is 49.4 Å². The summed E-state index contributed by atoms with van der Waals surface area (Å²) in [6.07, 6.45) is 1.32. The van der Waals surface area contributed by atoms with Crippen LogP contribution in [0.3, 0.4) is 0 Å². The summed E-state index contributed by atoms with van der Waals surface area (Å²) in [7, 11) is 0. The number of fused-ring (bicyclic) bond motifs is 1. The zero-order valence-corrected chi connectivity index (χ0v) is 15.2. The highest BCUT2D eigenvalue weighted by molar-refractivity contribution is 5.96. The maximum atomic E-state index is 12.9. The van der Waals surface area contributed by atoms with Crippen LogP contribution in [0.4, 0.5) is 10.2 Å². The number of carbonyl (C=O) groups is 1. The minimum absolute atomic E-state index is 0.0802. The van der Waals surface area contributed by atoms with Gasteiger partial charge >= 0.3 is 0 Å². The van der Waals surface area contributed by atoms with Crippen molar-refractivity contribution in [2.75, 3.05) is 37.6 Å². The quantitative estimate of drug-likeness (QED) is 0.679. The molecule has 5 nitrogen and oxygen atoms in total. The molecule has 140 valence electrons. The predicted octanol–water partition coefficient (Wildman–Crippen LogP) is 3.49. The number of anilines is 1. The standard InChI is InChI=1S/C21H23FN4O/c22-17-9-7-16(8-10-17)20(27)6-3-11-25-12-14-26(15-13-25)21-18-4-1-2-5-19(18)23-24-21/h1-2,4-5,7-10H,3,6,11-15H2,(H,23,24). The number of nitrogens with zero attached hydrogens (tertiary/aromatic N) is 3. The van der Waals surface area contributed by atoms with Gasteiger partial charge in [0.05, 0.1) is 5.52 Å². The Morgan fingerprint density at radius 3 is 2.56 bits per heavy atom. The van der Waals surface area contributed by atoms with Gasteiger partial charge in [0.15, 0.2) is 11.6 Å². The first-order chi connectivity index (χ1) is 13.2. The predicted molar refractivity (Wildman–Crippen MR) is 105 cm³/mol. The number of Topliss-reactive ketones (excluding diaryl/α,β-unsaturated/α-hetero) is 1. The number of aromatic nitrogens is 2. The lowest BCUT2D eigenvalue weighted by atomic mass is 10.1. The van der Waals surface area contributed by atoms with E-state index in [2.05, 4.69) is 26.1 Å². The van der Waals surface area contributed by atoms with E-state index in [0.717, 1.165) is 55.9 Å². The van der Waals surface area contributed by atoms with Crippen molar-refractivity contribution >= 4 is 22.5 Å². The van der Waals surface area contributed by atoms with Crippen LogP contribution in [0.25, 0.3) is 10.9 Å². The zero-order chi connectivity index (χ0) is 18.6. The molecule has 2 heterocycles. The highest BCUT2D eigenvalue weighted by atomic mass is 19.1. The van der Waals surface area contributed by atoms with Gasteiger partial charge in [-0.2, -0.15) is 5.10 Å². The second-order valence-electron chi connectivity index (χ2n) is 6.96. The van der Waals surface area contributed by atoms with Gasteiger partial charge in [0.1, 0.15) is 5.82 Å². The molecule has 27 heavy (non-hydrogen) atoms. The summed E-state index contributed by atoms with van der Waals surface area (Å²) in [5.41, 5.74) is 1.65. The number of nitrogens with one attached hydrogen (secondary N) is 1. The fraction of sp³-hybridized carbons (Fsp3) is 0.333. The summed E-state index contributed by atoms with van der Waals surface area (Å²) >= 11 is 0. The van der Waals surface area contributed by atoms with Crippen LogP contribution >= 0.6 is 0 Å². The fourth-order valence-electron chi connectivity index (χ4n) is 3.62. The van der Waals surface area contributed by atoms with Crippen LogP contribution in [0, 0.1) is 5.82 Å². The topological polar surface area (TPSA) is 52.2 Å². The summed E-state index contributed by atoms with van der Waals surface area (Å²) < 4.78 is 12.9. The van der Waals surface area contributed by atoms with Crippen molar-refractivity contribution in [1.82, 2.24) is 15.1 Å². The average molecular weight is 366 g/mol. The van der Waals surface area contributed by atoms with Crippen LogP contribution < -0.4 is 4.90 Å². The van der Waals surface area contributed by atoms with E-state index in [1.807, 2.05) is 18.2 Å². The molecule has 1 fully saturated rings. The van der Waals surface area contributed by atoms with Gasteiger partial charge in [-0.1, -0.05) is 12.1 Å². The number of para-hydroxylation sites is 1. The smallest absolute Gasteiger partial charge is 0.162 e. The third-order valence-corrected chi connectivity index (χ3v) is 5.17. The van der Waals surface area contributed by atoms with Crippen molar-refractivity contribution < 1.29 is 9.18 Å². The van der Waals surface area contributed by atoms with Crippen molar-refractivity contribution in [1.29, 1.82) is 0 Å². The Morgan fingerprint density at radius 2 is 1.78 bits per heavy atom. The lowest BCUT2D eigenvalue weighted by molar-refractivity contribution is 0.0974. The molecule has 1 aliphatic rings. The van der Waals surface area contributed by atoms with Crippen LogP contribution in [0.1, 0.15) is 23.2 Å². The monoisotopic (exact) mass is 366 g/mol. The number of benzene rings is 2. The van der Waals surface area contributed by atoms with Gasteiger partial charge in [0.2, 0.25) is 0 Å². The maximum absolute atomic E-state index is 12.9. The number of hydrogen-bond acceptors (Lipinski definition) is 4. The number of rotatable bonds is 6. The van der Waals surface area contributed by atoms with E-state index in [9.17, 15) is 9.18 Å². The van der Waals surface area contributed by atoms with Crippen LogP contribution in [0.5, 0.6) is 0 Å². The highest BCUT2D eigenvalue weighted by Crippen LogP contribution is 2.24. The average Bonchev–Trinajstić information content (AvgIpc) is 3.13. The number of aromatic amines is 1. The number of piperazine rings is 1. The van der Waals surface area contributed by atoms with Crippen LogP contribution in [0.15, 0.2) is 48.5 Å². The summed E-state index contributed by atoms with van der Waals surface area (Å²) in [6.45, 7) is 4.70. The van der Waals surface area contributed by atoms with Crippen molar-refractivity contribution in [2.45, 2.75) is 12.8 Å². The second-order valence-corrected chi connectivity index (χ2v) is 6.96. The van der Waals surface area contributed by atoms with Crippen molar-refractivity contribution in [3.63, 3.8) is 0 Å². The lowest BCUT2D eigenvalue weighted by Crippen LogP contribution is -2.46. The molecule has 2 aromatic carbocycles. The van der Waals surface area contributed by atoms with E-state index in [4.69, 9.17) is 0 Å². The largest absolute Gasteiger partial charge is 0.352 e. The van der Waals surface area contributed by atoms with E-state index < -0.39 is 0 Å². The summed E-state index contributed by atoms with van der Waals surface area (Å²) in [6, 6.07) is 14.0. The first kappa shape index (κ1) is 17.7. The van der Waals surface area contributed by atoms with Crippen LogP contribution in [0.2, 0.25) is 0 Å². The second kappa shape index (κ2) is 7.88. The summed E-state index contributed by atoms with van der Waals surface area (Å²) in [5.74, 6) is 0.794. The van der Waals surface area contributed by atoms with Crippen LogP contribution in [-0.4, -0.2) is 53.6 Å². The number of hydrogen-bond donors (Lipinski definition) is 1. The number of carbonyl (C=O) groups excluding carboxylic acids is 1. The third-order valence-electron chi connectivity index (χ3n) is 5.17. The minimum atomic E-state index is -0.311. The molecule has 0 atom stereocenters. The van der Waals surface area contributed by atoms with E-state index in [-0.39, 0.29) is 11.6 Å². The maximum Gasteiger partial charge on any atom is 0.162 e. The summed E-state index contributed by atoms with van der Waals surface area (Å²) in [4.78, 5) is 16.9. The first-order valence-corrected chi connectivity index (χ1v) is 9.40. The fourth-order valence-corrected chi connectivity index (χ4v) is 3.62. The number of H-pyrrole nitrogens is 1. The molecule has 0 saturated carbocycles. The molecule has 1 aliphatic heterocycles. The Bertz CT molecular complexity index is 913. The Kier molecular flexibility index (Phi) is 5.16. The van der Waals surface area contributed by atoms with Gasteiger partial charge in [0, 0.05) is 43.5 Å². The molecule has 6 heteroatoms. The van der Waals surface area contributed by atoms with Crippen LogP contribution in [-0.2, 0) is 0 Å².